The zero-order chi connectivity index (χ0) is 28.7. The Bertz CT molecular complexity index is 1410. The molecule has 0 saturated heterocycles. The second kappa shape index (κ2) is 12.8. The highest BCUT2D eigenvalue weighted by molar-refractivity contribution is 7.92. The minimum absolute atomic E-state index is 0.0157. The Labute approximate surface area is 229 Å². The summed E-state index contributed by atoms with van der Waals surface area (Å²) in [4.78, 5) is 28.0. The zero-order valence-corrected chi connectivity index (χ0v) is 23.5. The average Bonchev–Trinajstić information content (AvgIpc) is 2.90. The standard InChI is InChI=1S/C29H34FN3O5S/c1-20(2)31-29(35)22(4)32(18-23-10-6-7-11-25(23)30)28(34)19-33(26-12-8-9-13-27(26)38-5)39(36,37)24-16-14-21(3)15-17-24/h6-17,20,22H,18-19H2,1-5H3,(H,31,35). The van der Waals surface area contributed by atoms with Crippen LogP contribution in [0.25, 0.3) is 0 Å². The maximum Gasteiger partial charge on any atom is 0.264 e. The fraction of sp³-hybridized carbons (Fsp3) is 0.310. The number of carbonyl (C=O) groups is 2. The third-order valence-electron chi connectivity index (χ3n) is 6.14. The van der Waals surface area contributed by atoms with Gasteiger partial charge in [-0.25, -0.2) is 12.8 Å². The van der Waals surface area contributed by atoms with Crippen molar-refractivity contribution in [3.8, 4) is 5.75 Å². The van der Waals surface area contributed by atoms with E-state index < -0.39 is 40.2 Å². The number of methoxy groups -OCH3 is 1. The summed E-state index contributed by atoms with van der Waals surface area (Å²) in [6.07, 6.45) is 0. The number of hydrogen-bond donors (Lipinski definition) is 1. The predicted molar refractivity (Wildman–Crippen MR) is 148 cm³/mol. The molecule has 39 heavy (non-hydrogen) atoms. The van der Waals surface area contributed by atoms with E-state index in [0.29, 0.717) is 0 Å². The molecule has 3 aromatic carbocycles. The molecule has 0 spiro atoms. The van der Waals surface area contributed by atoms with Crippen LogP contribution in [0.4, 0.5) is 10.1 Å². The first-order chi connectivity index (χ1) is 18.4. The Morgan fingerprint density at radius 3 is 2.18 bits per heavy atom. The van der Waals surface area contributed by atoms with Gasteiger partial charge in [0.1, 0.15) is 24.2 Å². The number of ether oxygens (including phenoxy) is 1. The van der Waals surface area contributed by atoms with Crippen molar-refractivity contribution in [1.82, 2.24) is 10.2 Å². The highest BCUT2D eigenvalue weighted by atomic mass is 32.2. The van der Waals surface area contributed by atoms with Crippen LogP contribution in [-0.4, -0.2) is 50.9 Å². The molecular formula is C29H34FN3O5S. The second-order valence-electron chi connectivity index (χ2n) is 9.45. The summed E-state index contributed by atoms with van der Waals surface area (Å²) in [6, 6.07) is 17.4. The van der Waals surface area contributed by atoms with Crippen LogP contribution in [0, 0.1) is 12.7 Å². The molecule has 0 bridgehead atoms. The monoisotopic (exact) mass is 555 g/mol. The summed E-state index contributed by atoms with van der Waals surface area (Å²) < 4.78 is 48.8. The number of nitrogens with one attached hydrogen (secondary N) is 1. The van der Waals surface area contributed by atoms with E-state index >= 15 is 0 Å². The van der Waals surface area contributed by atoms with Crippen molar-refractivity contribution in [2.45, 2.75) is 51.2 Å². The Morgan fingerprint density at radius 2 is 1.56 bits per heavy atom. The van der Waals surface area contributed by atoms with E-state index in [1.807, 2.05) is 6.92 Å². The molecule has 0 saturated carbocycles. The van der Waals surface area contributed by atoms with Crippen LogP contribution in [0.15, 0.2) is 77.7 Å². The average molecular weight is 556 g/mol. The van der Waals surface area contributed by atoms with Crippen LogP contribution < -0.4 is 14.4 Å². The molecule has 0 aliphatic rings. The first-order valence-corrected chi connectivity index (χ1v) is 14.0. The SMILES string of the molecule is COc1ccccc1N(CC(=O)N(Cc1ccccc1F)C(C)C(=O)NC(C)C)S(=O)(=O)c1ccc(C)cc1. The lowest BCUT2D eigenvalue weighted by Gasteiger charge is -2.32. The number of halogens is 1. The molecule has 0 aromatic heterocycles. The number of benzene rings is 3. The second-order valence-corrected chi connectivity index (χ2v) is 11.3. The zero-order valence-electron chi connectivity index (χ0n) is 22.7. The number of anilines is 1. The molecule has 10 heteroatoms. The van der Waals surface area contributed by atoms with Gasteiger partial charge in [0.05, 0.1) is 17.7 Å². The first kappa shape index (κ1) is 29.6. The molecule has 0 radical (unpaired) electrons. The molecule has 3 aromatic rings. The largest absolute Gasteiger partial charge is 0.495 e. The minimum Gasteiger partial charge on any atom is -0.495 e. The Kier molecular flexibility index (Phi) is 9.69. The number of aryl methyl sites for hydroxylation is 1. The number of para-hydroxylation sites is 2. The lowest BCUT2D eigenvalue weighted by molar-refractivity contribution is -0.139. The molecule has 3 rings (SSSR count). The molecule has 8 nitrogen and oxygen atoms in total. The summed E-state index contributed by atoms with van der Waals surface area (Å²) in [5.74, 6) is -1.43. The van der Waals surface area contributed by atoms with Crippen molar-refractivity contribution in [3.05, 3.63) is 89.7 Å². The predicted octanol–water partition coefficient (Wildman–Crippen LogP) is 4.28. The van der Waals surface area contributed by atoms with Crippen molar-refractivity contribution in [3.63, 3.8) is 0 Å². The summed E-state index contributed by atoms with van der Waals surface area (Å²) in [6.45, 7) is 6.05. The fourth-order valence-electron chi connectivity index (χ4n) is 3.98. The highest BCUT2D eigenvalue weighted by Gasteiger charge is 2.34. The third-order valence-corrected chi connectivity index (χ3v) is 7.91. The van der Waals surface area contributed by atoms with Gasteiger partial charge in [0.2, 0.25) is 11.8 Å². The Balaban J connectivity index is 2.08. The normalized spacial score (nSPS) is 12.1. The molecular weight excluding hydrogens is 521 g/mol. The van der Waals surface area contributed by atoms with Crippen molar-refractivity contribution in [1.29, 1.82) is 0 Å². The van der Waals surface area contributed by atoms with Crippen molar-refractivity contribution < 1.29 is 27.1 Å². The van der Waals surface area contributed by atoms with Gasteiger partial charge in [0.15, 0.2) is 0 Å². The smallest absolute Gasteiger partial charge is 0.264 e. The molecule has 1 unspecified atom stereocenters. The molecule has 208 valence electrons. The highest BCUT2D eigenvalue weighted by Crippen LogP contribution is 2.32. The molecule has 1 atom stereocenters. The van der Waals surface area contributed by atoms with Crippen LogP contribution >= 0.6 is 0 Å². The summed E-state index contributed by atoms with van der Waals surface area (Å²) in [7, 11) is -2.84. The molecule has 0 aliphatic carbocycles. The topological polar surface area (TPSA) is 96.0 Å². The van der Waals surface area contributed by atoms with E-state index in [9.17, 15) is 22.4 Å². The quantitative estimate of drug-likeness (QED) is 0.381. The number of sulfonamides is 1. The van der Waals surface area contributed by atoms with Gasteiger partial charge in [-0.15, -0.1) is 0 Å². The van der Waals surface area contributed by atoms with E-state index in [0.717, 1.165) is 9.87 Å². The van der Waals surface area contributed by atoms with Gasteiger partial charge in [-0.05, 0) is 58.0 Å². The van der Waals surface area contributed by atoms with Crippen LogP contribution in [0.1, 0.15) is 31.9 Å². The maximum atomic E-state index is 14.6. The van der Waals surface area contributed by atoms with E-state index in [4.69, 9.17) is 4.74 Å². The molecule has 1 N–H and O–H groups in total. The van der Waals surface area contributed by atoms with Gasteiger partial charge in [-0.3, -0.25) is 13.9 Å². The van der Waals surface area contributed by atoms with E-state index in [1.54, 1.807) is 50.2 Å². The van der Waals surface area contributed by atoms with Gasteiger partial charge < -0.3 is 15.0 Å². The van der Waals surface area contributed by atoms with E-state index in [2.05, 4.69) is 5.32 Å². The van der Waals surface area contributed by atoms with Crippen LogP contribution in [0.2, 0.25) is 0 Å². The third kappa shape index (κ3) is 7.14. The Hall–Kier alpha value is -3.92. The molecule has 0 heterocycles. The van der Waals surface area contributed by atoms with Crippen molar-refractivity contribution >= 4 is 27.5 Å². The summed E-state index contributed by atoms with van der Waals surface area (Å²) in [5.41, 5.74) is 1.22. The molecule has 0 aliphatic heterocycles. The summed E-state index contributed by atoms with van der Waals surface area (Å²) >= 11 is 0. The van der Waals surface area contributed by atoms with Gasteiger partial charge in [-0.1, -0.05) is 48.0 Å². The number of amides is 2. The van der Waals surface area contributed by atoms with Crippen molar-refractivity contribution in [2.75, 3.05) is 18.0 Å². The van der Waals surface area contributed by atoms with Gasteiger partial charge in [-0.2, -0.15) is 0 Å². The van der Waals surface area contributed by atoms with Gasteiger partial charge in [0, 0.05) is 18.2 Å². The maximum absolute atomic E-state index is 14.6. The van der Waals surface area contributed by atoms with Crippen LogP contribution in [0.3, 0.4) is 0 Å². The first-order valence-electron chi connectivity index (χ1n) is 12.5. The Morgan fingerprint density at radius 1 is 0.949 bits per heavy atom. The van der Waals surface area contributed by atoms with Crippen LogP contribution in [-0.2, 0) is 26.2 Å². The summed E-state index contributed by atoms with van der Waals surface area (Å²) in [5, 5.41) is 2.76. The van der Waals surface area contributed by atoms with E-state index in [1.165, 1.54) is 55.3 Å². The number of carbonyl (C=O) groups excluding carboxylic acids is 2. The van der Waals surface area contributed by atoms with Crippen LogP contribution in [0.5, 0.6) is 5.75 Å². The lowest BCUT2D eigenvalue weighted by atomic mass is 10.1. The number of rotatable bonds is 11. The number of hydrogen-bond acceptors (Lipinski definition) is 5. The minimum atomic E-state index is -4.25. The lowest BCUT2D eigenvalue weighted by Crippen LogP contribution is -2.52. The van der Waals surface area contributed by atoms with Gasteiger partial charge >= 0.3 is 0 Å². The van der Waals surface area contributed by atoms with Crippen molar-refractivity contribution in [2.24, 2.45) is 0 Å². The van der Waals surface area contributed by atoms with E-state index in [-0.39, 0.29) is 34.5 Å². The fourth-order valence-corrected chi connectivity index (χ4v) is 5.41. The molecule has 0 fully saturated rings. The van der Waals surface area contributed by atoms with Gasteiger partial charge in [0.25, 0.3) is 10.0 Å². The number of nitrogens with zero attached hydrogens (tertiary/aromatic N) is 2. The molecule has 2 amide bonds.